The third-order valence-electron chi connectivity index (χ3n) is 5.89. The molecule has 3 aliphatic rings. The predicted molar refractivity (Wildman–Crippen MR) is 95.8 cm³/mol. The zero-order valence-corrected chi connectivity index (χ0v) is 14.8. The van der Waals surface area contributed by atoms with Crippen LogP contribution in [0, 0.1) is 11.8 Å². The first-order valence-electron chi connectivity index (χ1n) is 9.81. The number of rotatable bonds is 5. The van der Waals surface area contributed by atoms with Crippen LogP contribution >= 0.6 is 0 Å². The SMILES string of the molecule is O=C(NC1CCN(CC2CCCCC2)CC1)N[C@@H]1C=C[C@H](CO)C1. The van der Waals surface area contributed by atoms with Gasteiger partial charge in [-0.15, -0.1) is 0 Å². The molecule has 0 spiro atoms. The molecule has 0 aromatic rings. The first-order chi connectivity index (χ1) is 11.7. The Kier molecular flexibility index (Phi) is 6.55. The molecule has 1 heterocycles. The third kappa shape index (κ3) is 5.21. The molecule has 1 aliphatic heterocycles. The number of likely N-dealkylation sites (tertiary alicyclic amines) is 1. The molecule has 5 heteroatoms. The molecular weight excluding hydrogens is 302 g/mol. The van der Waals surface area contributed by atoms with Crippen LogP contribution in [0.5, 0.6) is 0 Å². The van der Waals surface area contributed by atoms with Gasteiger partial charge in [-0.2, -0.15) is 0 Å². The molecular formula is C19H33N3O2. The molecule has 136 valence electrons. The Morgan fingerprint density at radius 2 is 1.79 bits per heavy atom. The average molecular weight is 335 g/mol. The van der Waals surface area contributed by atoms with E-state index in [1.165, 1.54) is 38.6 Å². The topological polar surface area (TPSA) is 64.6 Å². The van der Waals surface area contributed by atoms with Crippen LogP contribution in [-0.4, -0.2) is 54.4 Å². The number of urea groups is 1. The van der Waals surface area contributed by atoms with Gasteiger partial charge in [-0.3, -0.25) is 0 Å². The minimum atomic E-state index is -0.0611. The Hall–Kier alpha value is -1.07. The maximum atomic E-state index is 12.1. The normalized spacial score (nSPS) is 29.7. The monoisotopic (exact) mass is 335 g/mol. The maximum absolute atomic E-state index is 12.1. The molecule has 0 radical (unpaired) electrons. The Morgan fingerprint density at radius 3 is 2.46 bits per heavy atom. The molecule has 3 rings (SSSR count). The molecule has 3 N–H and O–H groups in total. The fraction of sp³-hybridized carbons (Fsp3) is 0.842. The molecule has 0 aromatic carbocycles. The Balaban J connectivity index is 1.31. The van der Waals surface area contributed by atoms with Gasteiger partial charge in [0.05, 0.1) is 0 Å². The van der Waals surface area contributed by atoms with Crippen LogP contribution in [0.2, 0.25) is 0 Å². The lowest BCUT2D eigenvalue weighted by Crippen LogP contribution is -2.50. The van der Waals surface area contributed by atoms with Gasteiger partial charge in [-0.25, -0.2) is 4.79 Å². The van der Waals surface area contributed by atoms with E-state index in [0.29, 0.717) is 6.04 Å². The molecule has 0 unspecified atom stereocenters. The number of carbonyl (C=O) groups is 1. The summed E-state index contributed by atoms with van der Waals surface area (Å²) < 4.78 is 0. The summed E-state index contributed by atoms with van der Waals surface area (Å²) in [6.07, 6.45) is 14.0. The molecule has 2 fully saturated rings. The lowest BCUT2D eigenvalue weighted by Gasteiger charge is -2.35. The van der Waals surface area contributed by atoms with Crippen molar-refractivity contribution in [3.63, 3.8) is 0 Å². The van der Waals surface area contributed by atoms with Crippen molar-refractivity contribution in [3.05, 3.63) is 12.2 Å². The van der Waals surface area contributed by atoms with E-state index in [1.807, 2.05) is 12.2 Å². The number of piperidine rings is 1. The van der Waals surface area contributed by atoms with E-state index in [0.717, 1.165) is 38.3 Å². The van der Waals surface area contributed by atoms with E-state index < -0.39 is 0 Å². The number of nitrogens with zero attached hydrogens (tertiary/aromatic N) is 1. The van der Waals surface area contributed by atoms with E-state index in [4.69, 9.17) is 5.11 Å². The fourth-order valence-electron chi connectivity index (χ4n) is 4.41. The standard InChI is InChI=1S/C19H33N3O2/c23-14-16-6-7-18(12-16)21-19(24)20-17-8-10-22(11-9-17)13-15-4-2-1-3-5-15/h6-7,15-18,23H,1-5,8-14H2,(H2,20,21,24)/t16-,18+/m0/s1. The van der Waals surface area contributed by atoms with E-state index in [-0.39, 0.29) is 24.6 Å². The van der Waals surface area contributed by atoms with Gasteiger partial charge >= 0.3 is 6.03 Å². The maximum Gasteiger partial charge on any atom is 0.315 e. The van der Waals surface area contributed by atoms with E-state index in [2.05, 4.69) is 15.5 Å². The Labute approximate surface area is 145 Å². The predicted octanol–water partition coefficient (Wildman–Crippen LogP) is 2.27. The van der Waals surface area contributed by atoms with Crippen molar-refractivity contribution in [2.75, 3.05) is 26.2 Å². The van der Waals surface area contributed by atoms with Gasteiger partial charge in [0.25, 0.3) is 0 Å². The highest BCUT2D eigenvalue weighted by atomic mass is 16.3. The third-order valence-corrected chi connectivity index (χ3v) is 5.89. The summed E-state index contributed by atoms with van der Waals surface area (Å²) in [6, 6.07) is 0.300. The summed E-state index contributed by atoms with van der Waals surface area (Å²) >= 11 is 0. The van der Waals surface area contributed by atoms with Gasteiger partial charge < -0.3 is 20.6 Å². The highest BCUT2D eigenvalue weighted by molar-refractivity contribution is 5.74. The first-order valence-corrected chi connectivity index (χ1v) is 9.81. The van der Waals surface area contributed by atoms with Crippen LogP contribution in [0.15, 0.2) is 12.2 Å². The zero-order chi connectivity index (χ0) is 16.8. The number of amides is 2. The summed E-state index contributed by atoms with van der Waals surface area (Å²) in [7, 11) is 0. The minimum Gasteiger partial charge on any atom is -0.396 e. The molecule has 1 saturated carbocycles. The number of aliphatic hydroxyl groups is 1. The minimum absolute atomic E-state index is 0.0611. The van der Waals surface area contributed by atoms with Crippen molar-refractivity contribution in [3.8, 4) is 0 Å². The second-order valence-electron chi connectivity index (χ2n) is 7.87. The molecule has 2 amide bonds. The Bertz CT molecular complexity index is 426. The average Bonchev–Trinajstić information content (AvgIpc) is 3.05. The fourth-order valence-corrected chi connectivity index (χ4v) is 4.41. The molecule has 0 bridgehead atoms. The summed E-state index contributed by atoms with van der Waals surface area (Å²) in [5.74, 6) is 1.10. The molecule has 2 aliphatic carbocycles. The summed E-state index contributed by atoms with van der Waals surface area (Å²) in [5.41, 5.74) is 0. The van der Waals surface area contributed by atoms with E-state index in [9.17, 15) is 4.79 Å². The smallest absolute Gasteiger partial charge is 0.315 e. The van der Waals surface area contributed by atoms with Crippen LogP contribution in [-0.2, 0) is 0 Å². The number of nitrogens with one attached hydrogen (secondary N) is 2. The van der Waals surface area contributed by atoms with Crippen molar-refractivity contribution in [2.45, 2.75) is 63.5 Å². The van der Waals surface area contributed by atoms with Crippen molar-refractivity contribution in [1.82, 2.24) is 15.5 Å². The summed E-state index contributed by atoms with van der Waals surface area (Å²) in [6.45, 7) is 3.64. The van der Waals surface area contributed by atoms with Crippen LogP contribution in [0.1, 0.15) is 51.4 Å². The van der Waals surface area contributed by atoms with Crippen molar-refractivity contribution >= 4 is 6.03 Å². The molecule has 24 heavy (non-hydrogen) atoms. The number of aliphatic hydroxyl groups excluding tert-OH is 1. The molecule has 1 saturated heterocycles. The van der Waals surface area contributed by atoms with Crippen LogP contribution in [0.3, 0.4) is 0 Å². The zero-order valence-electron chi connectivity index (χ0n) is 14.8. The second kappa shape index (κ2) is 8.86. The van der Waals surface area contributed by atoms with Gasteiger partial charge in [0, 0.05) is 44.2 Å². The van der Waals surface area contributed by atoms with Crippen LogP contribution in [0.4, 0.5) is 4.79 Å². The van der Waals surface area contributed by atoms with Crippen LogP contribution < -0.4 is 10.6 Å². The van der Waals surface area contributed by atoms with Gasteiger partial charge in [-0.05, 0) is 38.0 Å². The molecule has 5 nitrogen and oxygen atoms in total. The number of carbonyl (C=O) groups excluding carboxylic acids is 1. The van der Waals surface area contributed by atoms with Crippen molar-refractivity contribution in [1.29, 1.82) is 0 Å². The largest absolute Gasteiger partial charge is 0.396 e. The van der Waals surface area contributed by atoms with Crippen molar-refractivity contribution in [2.24, 2.45) is 11.8 Å². The van der Waals surface area contributed by atoms with Gasteiger partial charge in [0.15, 0.2) is 0 Å². The van der Waals surface area contributed by atoms with Crippen molar-refractivity contribution < 1.29 is 9.90 Å². The molecule has 0 aromatic heterocycles. The van der Waals surface area contributed by atoms with E-state index >= 15 is 0 Å². The highest BCUT2D eigenvalue weighted by Gasteiger charge is 2.25. The summed E-state index contributed by atoms with van der Waals surface area (Å²) in [5, 5.41) is 15.3. The summed E-state index contributed by atoms with van der Waals surface area (Å²) in [4.78, 5) is 14.7. The Morgan fingerprint density at radius 1 is 1.04 bits per heavy atom. The van der Waals surface area contributed by atoms with Crippen LogP contribution in [0.25, 0.3) is 0 Å². The number of hydrogen-bond acceptors (Lipinski definition) is 3. The van der Waals surface area contributed by atoms with Gasteiger partial charge in [0.2, 0.25) is 0 Å². The van der Waals surface area contributed by atoms with E-state index in [1.54, 1.807) is 0 Å². The quantitative estimate of drug-likeness (QED) is 0.675. The van der Waals surface area contributed by atoms with Gasteiger partial charge in [-0.1, -0.05) is 31.4 Å². The van der Waals surface area contributed by atoms with Gasteiger partial charge in [0.1, 0.15) is 0 Å². The number of hydrogen-bond donors (Lipinski definition) is 3. The molecule has 2 atom stereocenters. The second-order valence-corrected chi connectivity index (χ2v) is 7.87. The lowest BCUT2D eigenvalue weighted by molar-refractivity contribution is 0.155. The first kappa shape index (κ1) is 17.7. The lowest BCUT2D eigenvalue weighted by atomic mass is 9.88. The highest BCUT2D eigenvalue weighted by Crippen LogP contribution is 2.25.